The van der Waals surface area contributed by atoms with Crippen LogP contribution in [0.4, 0.5) is 0 Å². The van der Waals surface area contributed by atoms with Crippen molar-refractivity contribution in [2.45, 2.75) is 32.6 Å². The molecule has 0 aromatic heterocycles. The molecule has 0 radical (unpaired) electrons. The first-order valence-electron chi connectivity index (χ1n) is 5.94. The van der Waals surface area contributed by atoms with Gasteiger partial charge in [0.05, 0.1) is 5.41 Å². The number of piperidine rings is 1. The number of nitrogens with one attached hydrogen (secondary N) is 2. The summed E-state index contributed by atoms with van der Waals surface area (Å²) in [5, 5.41) is 6.30. The SMILES string of the molecule is CCC1(C(=O)NCCCN)CCCNC1. The summed E-state index contributed by atoms with van der Waals surface area (Å²) in [6, 6.07) is 0. The van der Waals surface area contributed by atoms with Crippen LogP contribution in [-0.4, -0.2) is 32.1 Å². The Morgan fingerprint density at radius 3 is 2.93 bits per heavy atom. The molecule has 4 N–H and O–H groups in total. The fraction of sp³-hybridized carbons (Fsp3) is 0.909. The Hall–Kier alpha value is -0.610. The summed E-state index contributed by atoms with van der Waals surface area (Å²) >= 11 is 0. The zero-order valence-corrected chi connectivity index (χ0v) is 9.64. The molecule has 0 aromatic rings. The van der Waals surface area contributed by atoms with Gasteiger partial charge in [-0.15, -0.1) is 0 Å². The first-order chi connectivity index (χ1) is 7.25. The largest absolute Gasteiger partial charge is 0.356 e. The first-order valence-corrected chi connectivity index (χ1v) is 5.94. The predicted molar refractivity (Wildman–Crippen MR) is 61.5 cm³/mol. The lowest BCUT2D eigenvalue weighted by Gasteiger charge is -2.35. The maximum atomic E-state index is 12.0. The third kappa shape index (κ3) is 3.18. The van der Waals surface area contributed by atoms with Crippen LogP contribution in [0.2, 0.25) is 0 Å². The summed E-state index contributed by atoms with van der Waals surface area (Å²) in [5.74, 6) is 0.200. The number of carbonyl (C=O) groups excluding carboxylic acids is 1. The van der Waals surface area contributed by atoms with Crippen molar-refractivity contribution < 1.29 is 4.79 Å². The van der Waals surface area contributed by atoms with Crippen LogP contribution in [0.1, 0.15) is 32.6 Å². The minimum absolute atomic E-state index is 0.174. The second-order valence-corrected chi connectivity index (χ2v) is 4.31. The van der Waals surface area contributed by atoms with Gasteiger partial charge in [-0.2, -0.15) is 0 Å². The average molecular weight is 213 g/mol. The van der Waals surface area contributed by atoms with Gasteiger partial charge in [-0.25, -0.2) is 0 Å². The molecule has 0 bridgehead atoms. The van der Waals surface area contributed by atoms with E-state index in [9.17, 15) is 4.79 Å². The van der Waals surface area contributed by atoms with E-state index in [1.54, 1.807) is 0 Å². The highest BCUT2D eigenvalue weighted by Gasteiger charge is 2.37. The molecule has 0 spiro atoms. The second kappa shape index (κ2) is 6.08. The quantitative estimate of drug-likeness (QED) is 0.573. The van der Waals surface area contributed by atoms with Gasteiger partial charge in [-0.05, 0) is 38.8 Å². The molecule has 1 fully saturated rings. The molecule has 15 heavy (non-hydrogen) atoms. The van der Waals surface area contributed by atoms with Gasteiger partial charge in [-0.1, -0.05) is 6.92 Å². The standard InChI is InChI=1S/C11H23N3O/c1-2-11(5-3-7-13-9-11)10(15)14-8-4-6-12/h13H,2-9,12H2,1H3,(H,14,15). The topological polar surface area (TPSA) is 67.2 Å². The van der Waals surface area contributed by atoms with Crippen LogP contribution in [0.3, 0.4) is 0 Å². The van der Waals surface area contributed by atoms with Crippen LogP contribution in [0.5, 0.6) is 0 Å². The van der Waals surface area contributed by atoms with E-state index in [2.05, 4.69) is 17.6 Å². The van der Waals surface area contributed by atoms with Crippen molar-refractivity contribution in [3.63, 3.8) is 0 Å². The molecular weight excluding hydrogens is 190 g/mol. The molecule has 88 valence electrons. The zero-order chi connectivity index (χ0) is 11.1. The van der Waals surface area contributed by atoms with Crippen LogP contribution >= 0.6 is 0 Å². The van der Waals surface area contributed by atoms with Gasteiger partial charge in [0.15, 0.2) is 0 Å². The van der Waals surface area contributed by atoms with Gasteiger partial charge in [0.25, 0.3) is 0 Å². The van der Waals surface area contributed by atoms with Gasteiger partial charge in [0, 0.05) is 13.1 Å². The Labute approximate surface area is 92.0 Å². The predicted octanol–water partition coefficient (Wildman–Crippen LogP) is 0.231. The van der Waals surface area contributed by atoms with Crippen molar-refractivity contribution in [1.82, 2.24) is 10.6 Å². The molecule has 1 saturated heterocycles. The fourth-order valence-electron chi connectivity index (χ4n) is 2.12. The van der Waals surface area contributed by atoms with Crippen LogP contribution in [-0.2, 0) is 4.79 Å². The molecule has 0 saturated carbocycles. The summed E-state index contributed by atoms with van der Waals surface area (Å²) in [7, 11) is 0. The van der Waals surface area contributed by atoms with E-state index >= 15 is 0 Å². The molecule has 1 amide bonds. The molecule has 4 heteroatoms. The molecule has 1 aliphatic heterocycles. The van der Waals surface area contributed by atoms with Gasteiger partial charge >= 0.3 is 0 Å². The van der Waals surface area contributed by atoms with Crippen LogP contribution < -0.4 is 16.4 Å². The van der Waals surface area contributed by atoms with E-state index < -0.39 is 0 Å². The molecule has 1 rings (SSSR count). The summed E-state index contributed by atoms with van der Waals surface area (Å²) in [6.07, 6.45) is 3.87. The van der Waals surface area contributed by atoms with Gasteiger partial charge in [0.2, 0.25) is 5.91 Å². The highest BCUT2D eigenvalue weighted by Crippen LogP contribution is 2.29. The Kier molecular flexibility index (Phi) is 5.05. The van der Waals surface area contributed by atoms with Crippen LogP contribution in [0.15, 0.2) is 0 Å². The highest BCUT2D eigenvalue weighted by molar-refractivity contribution is 5.82. The summed E-state index contributed by atoms with van der Waals surface area (Å²) in [6.45, 7) is 5.29. The molecular formula is C11H23N3O. The molecule has 0 aliphatic carbocycles. The number of rotatable bonds is 5. The number of carbonyl (C=O) groups is 1. The van der Waals surface area contributed by atoms with Crippen molar-refractivity contribution in [2.75, 3.05) is 26.2 Å². The third-order valence-corrected chi connectivity index (χ3v) is 3.30. The Bertz CT molecular complexity index is 200. The summed E-state index contributed by atoms with van der Waals surface area (Å²) < 4.78 is 0. The monoisotopic (exact) mass is 213 g/mol. The van der Waals surface area contributed by atoms with Crippen molar-refractivity contribution in [3.8, 4) is 0 Å². The molecule has 1 aliphatic rings. The van der Waals surface area contributed by atoms with Crippen molar-refractivity contribution in [1.29, 1.82) is 0 Å². The smallest absolute Gasteiger partial charge is 0.227 e. The Morgan fingerprint density at radius 1 is 1.60 bits per heavy atom. The number of hydrogen-bond acceptors (Lipinski definition) is 3. The van der Waals surface area contributed by atoms with Crippen LogP contribution in [0, 0.1) is 5.41 Å². The summed E-state index contributed by atoms with van der Waals surface area (Å²) in [4.78, 5) is 12.0. The molecule has 1 unspecified atom stereocenters. The van der Waals surface area contributed by atoms with Crippen molar-refractivity contribution in [2.24, 2.45) is 11.1 Å². The van der Waals surface area contributed by atoms with E-state index in [0.29, 0.717) is 13.1 Å². The van der Waals surface area contributed by atoms with E-state index in [-0.39, 0.29) is 11.3 Å². The van der Waals surface area contributed by atoms with Crippen LogP contribution in [0.25, 0.3) is 0 Å². The lowest BCUT2D eigenvalue weighted by Crippen LogP contribution is -2.50. The molecule has 1 atom stereocenters. The highest BCUT2D eigenvalue weighted by atomic mass is 16.2. The second-order valence-electron chi connectivity index (χ2n) is 4.31. The van der Waals surface area contributed by atoms with Gasteiger partial charge in [-0.3, -0.25) is 4.79 Å². The van der Waals surface area contributed by atoms with Gasteiger partial charge < -0.3 is 16.4 Å². The minimum atomic E-state index is -0.174. The summed E-state index contributed by atoms with van der Waals surface area (Å²) in [5.41, 5.74) is 5.22. The third-order valence-electron chi connectivity index (χ3n) is 3.30. The van der Waals surface area contributed by atoms with Crippen molar-refractivity contribution >= 4 is 5.91 Å². The van der Waals surface area contributed by atoms with E-state index in [1.807, 2.05) is 0 Å². The lowest BCUT2D eigenvalue weighted by atomic mass is 9.77. The fourth-order valence-corrected chi connectivity index (χ4v) is 2.12. The Balaban J connectivity index is 2.45. The normalized spacial score (nSPS) is 26.3. The first kappa shape index (κ1) is 12.5. The number of hydrogen-bond donors (Lipinski definition) is 3. The van der Waals surface area contributed by atoms with E-state index in [0.717, 1.165) is 38.8 Å². The van der Waals surface area contributed by atoms with Crippen molar-refractivity contribution in [3.05, 3.63) is 0 Å². The molecule has 0 aromatic carbocycles. The van der Waals surface area contributed by atoms with E-state index in [1.165, 1.54) is 0 Å². The molecule has 4 nitrogen and oxygen atoms in total. The average Bonchev–Trinajstić information content (AvgIpc) is 2.30. The molecule has 1 heterocycles. The lowest BCUT2D eigenvalue weighted by molar-refractivity contribution is -0.132. The number of nitrogens with two attached hydrogens (primary N) is 1. The maximum absolute atomic E-state index is 12.0. The number of amides is 1. The maximum Gasteiger partial charge on any atom is 0.227 e. The Morgan fingerprint density at radius 2 is 2.40 bits per heavy atom. The van der Waals surface area contributed by atoms with Gasteiger partial charge in [0.1, 0.15) is 0 Å². The van der Waals surface area contributed by atoms with E-state index in [4.69, 9.17) is 5.73 Å². The zero-order valence-electron chi connectivity index (χ0n) is 9.64. The minimum Gasteiger partial charge on any atom is -0.356 e.